The van der Waals surface area contributed by atoms with Crippen molar-refractivity contribution in [2.24, 2.45) is 5.92 Å². The maximum Gasteiger partial charge on any atom is -0.00192 e. The van der Waals surface area contributed by atoms with Crippen LogP contribution in [0.15, 0.2) is 0 Å². The zero-order valence-corrected chi connectivity index (χ0v) is 9.30. The quantitative estimate of drug-likeness (QED) is 0.547. The zero-order chi connectivity index (χ0) is 9.56. The molecule has 0 aromatic heterocycles. The predicted molar refractivity (Wildman–Crippen MR) is 55.5 cm³/mol. The van der Waals surface area contributed by atoms with Gasteiger partial charge in [0, 0.05) is 0 Å². The summed E-state index contributed by atoms with van der Waals surface area (Å²) in [7, 11) is 8.20. The minimum absolute atomic E-state index is 0.978. The lowest BCUT2D eigenvalue weighted by Gasteiger charge is -2.26. The molecule has 1 rings (SSSR count). The van der Waals surface area contributed by atoms with E-state index < -0.39 is 0 Å². The second kappa shape index (κ2) is 6.44. The average molecular weight is 172 g/mol. The van der Waals surface area contributed by atoms with Crippen LogP contribution in [-0.2, 0) is 0 Å². The summed E-state index contributed by atoms with van der Waals surface area (Å²) in [6.07, 6.45) is 2.80. The highest BCUT2D eigenvalue weighted by Crippen LogP contribution is 2.13. The first-order valence-electron chi connectivity index (χ1n) is 4.82. The molecule has 1 aliphatic heterocycles. The Morgan fingerprint density at radius 3 is 1.67 bits per heavy atom. The maximum absolute atomic E-state index is 2.40. The lowest BCUT2D eigenvalue weighted by Crippen LogP contribution is -2.28. The lowest BCUT2D eigenvalue weighted by atomic mass is 10.00. The van der Waals surface area contributed by atoms with Crippen molar-refractivity contribution in [2.75, 3.05) is 41.3 Å². The van der Waals surface area contributed by atoms with Gasteiger partial charge < -0.3 is 9.80 Å². The average Bonchev–Trinajstić information content (AvgIpc) is 1.94. The Hall–Kier alpha value is -0.0800. The molecule has 74 valence electrons. The molecule has 0 unspecified atom stereocenters. The van der Waals surface area contributed by atoms with Gasteiger partial charge in [0.2, 0.25) is 0 Å². The minimum Gasteiger partial charge on any atom is -0.312 e. The number of likely N-dealkylation sites (tertiary alicyclic amines) is 1. The first-order chi connectivity index (χ1) is 5.52. The second-order valence-corrected chi connectivity index (χ2v) is 4.33. The Kier molecular flexibility index (Phi) is 6.39. The van der Waals surface area contributed by atoms with Gasteiger partial charge in [0.15, 0.2) is 0 Å². The first kappa shape index (κ1) is 11.9. The summed E-state index contributed by atoms with van der Waals surface area (Å²) in [6.45, 7) is 4.95. The van der Waals surface area contributed by atoms with Crippen LogP contribution in [0, 0.1) is 5.92 Å². The number of nitrogens with zero attached hydrogens (tertiary/aromatic N) is 2. The highest BCUT2D eigenvalue weighted by atomic mass is 15.1. The molecule has 0 N–H and O–H groups in total. The molecular weight excluding hydrogens is 148 g/mol. The van der Waals surface area contributed by atoms with Crippen LogP contribution in [0.1, 0.15) is 19.8 Å². The molecule has 0 bridgehead atoms. The third-order valence-electron chi connectivity index (χ3n) is 2.01. The van der Waals surface area contributed by atoms with Crippen LogP contribution in [-0.4, -0.2) is 51.1 Å². The molecular formula is C10H24N2. The van der Waals surface area contributed by atoms with Crippen molar-refractivity contribution in [3.8, 4) is 0 Å². The standard InChI is InChI=1S/C7H15N.C3H9N/c1-7-3-5-8(2)6-4-7;1-4(2)3/h7H,3-6H2,1-2H3;1-3H3. The molecule has 0 saturated carbocycles. The molecule has 1 fully saturated rings. The Morgan fingerprint density at radius 1 is 1.08 bits per heavy atom. The lowest BCUT2D eigenvalue weighted by molar-refractivity contribution is 0.230. The van der Waals surface area contributed by atoms with E-state index >= 15 is 0 Å². The molecule has 0 aromatic carbocycles. The zero-order valence-electron chi connectivity index (χ0n) is 9.30. The largest absolute Gasteiger partial charge is 0.312 e. The van der Waals surface area contributed by atoms with E-state index in [9.17, 15) is 0 Å². The number of rotatable bonds is 0. The monoisotopic (exact) mass is 172 g/mol. The molecule has 0 amide bonds. The molecule has 2 heteroatoms. The van der Waals surface area contributed by atoms with E-state index in [0.717, 1.165) is 5.92 Å². The smallest absolute Gasteiger partial charge is 0.00192 e. The number of piperidine rings is 1. The van der Waals surface area contributed by atoms with Gasteiger partial charge in [-0.25, -0.2) is 0 Å². The van der Waals surface area contributed by atoms with Gasteiger partial charge in [-0.3, -0.25) is 0 Å². The van der Waals surface area contributed by atoms with E-state index in [0.29, 0.717) is 0 Å². The fourth-order valence-electron chi connectivity index (χ4n) is 1.14. The van der Waals surface area contributed by atoms with Crippen LogP contribution in [0.2, 0.25) is 0 Å². The third-order valence-corrected chi connectivity index (χ3v) is 2.01. The third kappa shape index (κ3) is 8.02. The Labute approximate surface area is 77.5 Å². The Balaban J connectivity index is 0.000000261. The van der Waals surface area contributed by atoms with E-state index in [4.69, 9.17) is 0 Å². The van der Waals surface area contributed by atoms with Crippen LogP contribution < -0.4 is 0 Å². The van der Waals surface area contributed by atoms with Crippen molar-refractivity contribution in [3.63, 3.8) is 0 Å². The van der Waals surface area contributed by atoms with E-state index in [-0.39, 0.29) is 0 Å². The maximum atomic E-state index is 2.40. The molecule has 12 heavy (non-hydrogen) atoms. The summed E-state index contributed by atoms with van der Waals surface area (Å²) in [5, 5.41) is 0. The van der Waals surface area contributed by atoms with Gasteiger partial charge in [0.05, 0.1) is 0 Å². The summed E-state index contributed by atoms with van der Waals surface area (Å²) in [4.78, 5) is 4.40. The van der Waals surface area contributed by atoms with Gasteiger partial charge in [0.25, 0.3) is 0 Å². The molecule has 2 nitrogen and oxygen atoms in total. The normalized spacial score (nSPS) is 20.5. The van der Waals surface area contributed by atoms with Gasteiger partial charge in [-0.2, -0.15) is 0 Å². The van der Waals surface area contributed by atoms with E-state index in [2.05, 4.69) is 18.9 Å². The predicted octanol–water partition coefficient (Wildman–Crippen LogP) is 1.53. The van der Waals surface area contributed by atoms with Gasteiger partial charge in [0.1, 0.15) is 0 Å². The summed E-state index contributed by atoms with van der Waals surface area (Å²) in [6, 6.07) is 0. The minimum atomic E-state index is 0.978. The van der Waals surface area contributed by atoms with Crippen LogP contribution in [0.3, 0.4) is 0 Å². The van der Waals surface area contributed by atoms with E-state index in [1.807, 2.05) is 26.0 Å². The van der Waals surface area contributed by atoms with Crippen molar-refractivity contribution in [1.29, 1.82) is 0 Å². The summed E-state index contributed by atoms with van der Waals surface area (Å²) < 4.78 is 0. The molecule has 0 atom stereocenters. The van der Waals surface area contributed by atoms with Gasteiger partial charge >= 0.3 is 0 Å². The van der Waals surface area contributed by atoms with Crippen molar-refractivity contribution in [2.45, 2.75) is 19.8 Å². The highest BCUT2D eigenvalue weighted by molar-refractivity contribution is 4.65. The fraction of sp³-hybridized carbons (Fsp3) is 1.00. The molecule has 1 heterocycles. The van der Waals surface area contributed by atoms with E-state index in [1.165, 1.54) is 25.9 Å². The highest BCUT2D eigenvalue weighted by Gasteiger charge is 2.10. The topological polar surface area (TPSA) is 6.48 Å². The van der Waals surface area contributed by atoms with E-state index in [1.54, 1.807) is 0 Å². The molecule has 1 saturated heterocycles. The number of hydrogen-bond donors (Lipinski definition) is 0. The van der Waals surface area contributed by atoms with Crippen molar-refractivity contribution < 1.29 is 0 Å². The summed E-state index contributed by atoms with van der Waals surface area (Å²) in [5.41, 5.74) is 0. The van der Waals surface area contributed by atoms with Crippen LogP contribution >= 0.6 is 0 Å². The van der Waals surface area contributed by atoms with Crippen LogP contribution in [0.5, 0.6) is 0 Å². The van der Waals surface area contributed by atoms with Gasteiger partial charge in [-0.1, -0.05) is 6.92 Å². The molecule has 0 aliphatic carbocycles. The summed E-state index contributed by atoms with van der Waals surface area (Å²) >= 11 is 0. The molecule has 0 aromatic rings. The van der Waals surface area contributed by atoms with Crippen LogP contribution in [0.4, 0.5) is 0 Å². The fourth-order valence-corrected chi connectivity index (χ4v) is 1.14. The van der Waals surface area contributed by atoms with Crippen molar-refractivity contribution in [3.05, 3.63) is 0 Å². The summed E-state index contributed by atoms with van der Waals surface area (Å²) in [5.74, 6) is 0.978. The Bertz CT molecular complexity index is 81.3. The van der Waals surface area contributed by atoms with Crippen molar-refractivity contribution >= 4 is 0 Å². The van der Waals surface area contributed by atoms with Crippen LogP contribution in [0.25, 0.3) is 0 Å². The molecule has 0 radical (unpaired) electrons. The second-order valence-electron chi connectivity index (χ2n) is 4.33. The molecule has 0 spiro atoms. The Morgan fingerprint density at radius 2 is 1.42 bits per heavy atom. The SMILES string of the molecule is CC1CCN(C)CC1.CN(C)C. The van der Waals surface area contributed by atoms with Gasteiger partial charge in [-0.05, 0) is 60.0 Å². The molecule has 1 aliphatic rings. The van der Waals surface area contributed by atoms with Gasteiger partial charge in [-0.15, -0.1) is 0 Å². The van der Waals surface area contributed by atoms with Crippen molar-refractivity contribution in [1.82, 2.24) is 9.80 Å². The first-order valence-corrected chi connectivity index (χ1v) is 4.82. The number of hydrogen-bond acceptors (Lipinski definition) is 2.